The van der Waals surface area contributed by atoms with Gasteiger partial charge in [-0.1, -0.05) is 18.5 Å². The number of hydrogen-bond donors (Lipinski definition) is 3. The molecule has 1 rings (SSSR count). The molecule has 5 nitrogen and oxygen atoms in total. The number of aliphatic hydroxyl groups is 1. The molecule has 20 heavy (non-hydrogen) atoms. The first-order valence-corrected chi connectivity index (χ1v) is 8.32. The van der Waals surface area contributed by atoms with Crippen LogP contribution in [0.25, 0.3) is 0 Å². The summed E-state index contributed by atoms with van der Waals surface area (Å²) in [5.41, 5.74) is 3.82. The molecule has 0 aliphatic carbocycles. The van der Waals surface area contributed by atoms with E-state index >= 15 is 0 Å². The summed E-state index contributed by atoms with van der Waals surface area (Å²) in [7, 11) is -4.17. The topological polar surface area (TPSA) is 92.4 Å². The molecule has 0 fully saturated rings. The molecule has 0 aromatic heterocycles. The Balaban J connectivity index is 3.18. The standard InChI is InChI=1S/C11H15BrClFN2O3S/c1-3-11(2,17)5-16-20(18,19)7-4-6(13)8(12)10(15)9(7)14/h4,16-17H,3,5,15H2,1-2H3. The van der Waals surface area contributed by atoms with E-state index in [9.17, 15) is 17.9 Å². The number of nitrogens with two attached hydrogens (primary N) is 1. The highest BCUT2D eigenvalue weighted by atomic mass is 79.9. The first-order valence-electron chi connectivity index (χ1n) is 5.67. The van der Waals surface area contributed by atoms with E-state index in [0.29, 0.717) is 6.42 Å². The van der Waals surface area contributed by atoms with E-state index in [1.54, 1.807) is 6.92 Å². The molecular weight excluding hydrogens is 375 g/mol. The van der Waals surface area contributed by atoms with Gasteiger partial charge in [0.05, 0.1) is 20.8 Å². The van der Waals surface area contributed by atoms with Crippen molar-refractivity contribution >= 4 is 43.2 Å². The van der Waals surface area contributed by atoms with Crippen LogP contribution < -0.4 is 10.5 Å². The Hall–Kier alpha value is -0.410. The lowest BCUT2D eigenvalue weighted by atomic mass is 10.1. The minimum Gasteiger partial charge on any atom is -0.395 e. The van der Waals surface area contributed by atoms with Crippen LogP contribution in [0.2, 0.25) is 5.02 Å². The molecule has 1 atom stereocenters. The number of nitrogen functional groups attached to an aromatic ring is 1. The second-order valence-electron chi connectivity index (χ2n) is 4.57. The maximum atomic E-state index is 13.9. The number of benzene rings is 1. The molecule has 0 aliphatic rings. The zero-order valence-electron chi connectivity index (χ0n) is 10.9. The van der Waals surface area contributed by atoms with E-state index in [4.69, 9.17) is 17.3 Å². The van der Waals surface area contributed by atoms with Gasteiger partial charge in [0.15, 0.2) is 5.82 Å². The lowest BCUT2D eigenvalue weighted by Crippen LogP contribution is -2.40. The zero-order valence-corrected chi connectivity index (χ0v) is 14.0. The molecule has 0 saturated heterocycles. The van der Waals surface area contributed by atoms with Crippen molar-refractivity contribution in [2.45, 2.75) is 30.8 Å². The highest BCUT2D eigenvalue weighted by Gasteiger charge is 2.27. The van der Waals surface area contributed by atoms with Crippen molar-refractivity contribution in [2.24, 2.45) is 0 Å². The Morgan fingerprint density at radius 3 is 2.65 bits per heavy atom. The predicted octanol–water partition coefficient (Wildman–Crippen LogP) is 2.26. The highest BCUT2D eigenvalue weighted by Crippen LogP contribution is 2.34. The summed E-state index contributed by atoms with van der Waals surface area (Å²) < 4.78 is 40.3. The number of rotatable bonds is 5. The van der Waals surface area contributed by atoms with Crippen molar-refractivity contribution in [3.05, 3.63) is 21.4 Å². The summed E-state index contributed by atoms with van der Waals surface area (Å²) in [5.74, 6) is -1.09. The molecule has 0 amide bonds. The van der Waals surface area contributed by atoms with Gasteiger partial charge in [-0.2, -0.15) is 0 Å². The molecule has 114 valence electrons. The van der Waals surface area contributed by atoms with Crippen LogP contribution in [0.5, 0.6) is 0 Å². The fraction of sp³-hybridized carbons (Fsp3) is 0.455. The first kappa shape index (κ1) is 17.6. The normalized spacial score (nSPS) is 15.1. The molecular formula is C11H15BrClFN2O3S. The molecule has 1 aromatic carbocycles. The number of nitrogens with one attached hydrogen (secondary N) is 1. The SMILES string of the molecule is CCC(C)(O)CNS(=O)(=O)c1cc(Cl)c(Br)c(N)c1F. The molecule has 0 aliphatic heterocycles. The van der Waals surface area contributed by atoms with Crippen molar-refractivity contribution in [2.75, 3.05) is 12.3 Å². The van der Waals surface area contributed by atoms with Crippen molar-refractivity contribution in [3.63, 3.8) is 0 Å². The number of halogens is 3. The van der Waals surface area contributed by atoms with Gasteiger partial charge in [0.25, 0.3) is 0 Å². The Bertz CT molecular complexity index is 623. The smallest absolute Gasteiger partial charge is 0.243 e. The summed E-state index contributed by atoms with van der Waals surface area (Å²) in [6.45, 7) is 2.91. The molecule has 1 aromatic rings. The molecule has 4 N–H and O–H groups in total. The molecule has 9 heteroatoms. The van der Waals surface area contributed by atoms with Gasteiger partial charge in [-0.3, -0.25) is 0 Å². The van der Waals surface area contributed by atoms with Crippen LogP contribution in [0.1, 0.15) is 20.3 Å². The van der Waals surface area contributed by atoms with Crippen LogP contribution in [0.4, 0.5) is 10.1 Å². The monoisotopic (exact) mass is 388 g/mol. The van der Waals surface area contributed by atoms with Crippen molar-refractivity contribution < 1.29 is 17.9 Å². The Morgan fingerprint density at radius 1 is 1.60 bits per heavy atom. The highest BCUT2D eigenvalue weighted by molar-refractivity contribution is 9.10. The molecule has 0 spiro atoms. The minimum atomic E-state index is -4.17. The van der Waals surface area contributed by atoms with Gasteiger partial charge in [-0.05, 0) is 35.3 Å². The predicted molar refractivity (Wildman–Crippen MR) is 79.6 cm³/mol. The van der Waals surface area contributed by atoms with Crippen molar-refractivity contribution in [1.29, 1.82) is 0 Å². The zero-order chi connectivity index (χ0) is 15.7. The number of hydrogen-bond acceptors (Lipinski definition) is 4. The van der Waals surface area contributed by atoms with E-state index in [2.05, 4.69) is 20.7 Å². The molecule has 0 saturated carbocycles. The van der Waals surface area contributed by atoms with E-state index in [-0.39, 0.29) is 21.7 Å². The fourth-order valence-electron chi connectivity index (χ4n) is 1.25. The molecule has 1 unspecified atom stereocenters. The minimum absolute atomic E-state index is 0.0217. The van der Waals surface area contributed by atoms with E-state index in [1.165, 1.54) is 6.92 Å². The third kappa shape index (κ3) is 3.82. The average molecular weight is 390 g/mol. The Morgan fingerprint density at radius 2 is 2.15 bits per heavy atom. The molecule has 0 radical (unpaired) electrons. The molecule has 0 heterocycles. The van der Waals surface area contributed by atoms with Gasteiger partial charge in [0, 0.05) is 6.54 Å². The van der Waals surface area contributed by atoms with Crippen LogP contribution in [-0.2, 0) is 10.0 Å². The van der Waals surface area contributed by atoms with Gasteiger partial charge < -0.3 is 10.8 Å². The van der Waals surface area contributed by atoms with E-state index in [1.807, 2.05) is 0 Å². The lowest BCUT2D eigenvalue weighted by molar-refractivity contribution is 0.0613. The number of sulfonamides is 1. The average Bonchev–Trinajstić information content (AvgIpc) is 2.38. The molecule has 0 bridgehead atoms. The Labute approximate surface area is 130 Å². The maximum Gasteiger partial charge on any atom is 0.243 e. The summed E-state index contributed by atoms with van der Waals surface area (Å²) in [6, 6.07) is 0.959. The van der Waals surface area contributed by atoms with Crippen LogP contribution in [0.3, 0.4) is 0 Å². The van der Waals surface area contributed by atoms with Crippen LogP contribution in [0, 0.1) is 5.82 Å². The first-order chi connectivity index (χ1) is 9.02. The summed E-state index contributed by atoms with van der Waals surface area (Å²) in [4.78, 5) is -0.657. The quantitative estimate of drug-likeness (QED) is 0.532. The number of anilines is 1. The summed E-state index contributed by atoms with van der Waals surface area (Å²) >= 11 is 8.74. The van der Waals surface area contributed by atoms with Gasteiger partial charge in [-0.15, -0.1) is 0 Å². The Kier molecular flexibility index (Phi) is 5.42. The van der Waals surface area contributed by atoms with Gasteiger partial charge in [0.2, 0.25) is 10.0 Å². The van der Waals surface area contributed by atoms with Crippen molar-refractivity contribution in [1.82, 2.24) is 4.72 Å². The van der Waals surface area contributed by atoms with E-state index < -0.39 is 26.3 Å². The van der Waals surface area contributed by atoms with Crippen molar-refractivity contribution in [3.8, 4) is 0 Å². The van der Waals surface area contributed by atoms with Gasteiger partial charge in [-0.25, -0.2) is 17.5 Å². The third-order valence-electron chi connectivity index (χ3n) is 2.85. The summed E-state index contributed by atoms with van der Waals surface area (Å²) in [6.07, 6.45) is 0.335. The summed E-state index contributed by atoms with van der Waals surface area (Å²) in [5, 5.41) is 9.76. The lowest BCUT2D eigenvalue weighted by Gasteiger charge is -2.21. The van der Waals surface area contributed by atoms with Gasteiger partial charge in [0.1, 0.15) is 4.90 Å². The maximum absolute atomic E-state index is 13.9. The van der Waals surface area contributed by atoms with Crippen LogP contribution in [-0.4, -0.2) is 25.7 Å². The van der Waals surface area contributed by atoms with Crippen LogP contribution >= 0.6 is 27.5 Å². The second kappa shape index (κ2) is 6.15. The third-order valence-corrected chi connectivity index (χ3v) is 5.63. The van der Waals surface area contributed by atoms with Crippen LogP contribution in [0.15, 0.2) is 15.4 Å². The van der Waals surface area contributed by atoms with Gasteiger partial charge >= 0.3 is 0 Å². The largest absolute Gasteiger partial charge is 0.395 e. The second-order valence-corrected chi connectivity index (χ2v) is 7.51. The fourth-order valence-corrected chi connectivity index (χ4v) is 3.09. The van der Waals surface area contributed by atoms with E-state index in [0.717, 1.165) is 6.07 Å².